The predicted octanol–water partition coefficient (Wildman–Crippen LogP) is 4.88. The van der Waals surface area contributed by atoms with E-state index < -0.39 is 0 Å². The second-order valence-corrected chi connectivity index (χ2v) is 5.88. The van der Waals surface area contributed by atoms with Crippen LogP contribution in [0, 0.1) is 16.7 Å². The minimum absolute atomic E-state index is 0.568. The lowest BCUT2D eigenvalue weighted by Crippen LogP contribution is -2.05. The van der Waals surface area contributed by atoms with Crippen molar-refractivity contribution < 1.29 is 0 Å². The summed E-state index contributed by atoms with van der Waals surface area (Å²) < 4.78 is 0. The van der Waals surface area contributed by atoms with Crippen molar-refractivity contribution in [3.8, 4) is 0 Å². The summed E-state index contributed by atoms with van der Waals surface area (Å²) in [7, 11) is 0. The minimum Gasteiger partial charge on any atom is -0.293 e. The van der Waals surface area contributed by atoms with Crippen molar-refractivity contribution in [2.45, 2.75) is 60.3 Å². The Labute approximate surface area is 107 Å². The molecule has 0 heterocycles. The van der Waals surface area contributed by atoms with Gasteiger partial charge in [0.2, 0.25) is 0 Å². The van der Waals surface area contributed by atoms with Gasteiger partial charge >= 0.3 is 0 Å². The van der Waals surface area contributed by atoms with Crippen LogP contribution in [-0.4, -0.2) is 12.8 Å². The van der Waals surface area contributed by atoms with Gasteiger partial charge in [0.25, 0.3) is 0 Å². The molecule has 0 amide bonds. The van der Waals surface area contributed by atoms with Crippen LogP contribution in [-0.2, 0) is 0 Å². The fraction of sp³-hybridized carbons (Fsp3) is 0.812. The van der Waals surface area contributed by atoms with Crippen molar-refractivity contribution in [3.63, 3.8) is 0 Å². The van der Waals surface area contributed by atoms with Gasteiger partial charge in [-0.3, -0.25) is 4.99 Å². The van der Waals surface area contributed by atoms with E-state index in [2.05, 4.69) is 51.8 Å². The maximum Gasteiger partial charge on any atom is 0.0566 e. The van der Waals surface area contributed by atoms with Crippen LogP contribution in [0.2, 0.25) is 0 Å². The molecule has 17 heavy (non-hydrogen) atoms. The molecule has 0 aromatic heterocycles. The van der Waals surface area contributed by atoms with Crippen molar-refractivity contribution in [2.24, 2.45) is 21.7 Å². The molecule has 0 aromatic carbocycles. The molecule has 98 valence electrons. The highest BCUT2D eigenvalue weighted by atomic mass is 14.7. The summed E-state index contributed by atoms with van der Waals surface area (Å²) >= 11 is 0. The minimum atomic E-state index is 0.568. The van der Waals surface area contributed by atoms with Gasteiger partial charge in [0.1, 0.15) is 0 Å². The lowest BCUT2D eigenvalue weighted by Gasteiger charge is -2.15. The van der Waals surface area contributed by atoms with Crippen LogP contribution in [0.1, 0.15) is 60.3 Å². The second kappa shape index (κ2) is 5.84. The Bertz CT molecular complexity index is 292. The van der Waals surface area contributed by atoms with E-state index in [1.807, 2.05) is 6.21 Å². The first-order valence-corrected chi connectivity index (χ1v) is 7.16. The number of rotatable bonds is 7. The van der Waals surface area contributed by atoms with E-state index in [9.17, 15) is 0 Å². The van der Waals surface area contributed by atoms with Crippen LogP contribution in [0.15, 0.2) is 17.1 Å². The smallest absolute Gasteiger partial charge is 0.0566 e. The Morgan fingerprint density at radius 1 is 1.12 bits per heavy atom. The molecule has 1 fully saturated rings. The maximum absolute atomic E-state index is 4.29. The highest BCUT2D eigenvalue weighted by molar-refractivity contribution is 5.56. The van der Waals surface area contributed by atoms with Gasteiger partial charge in [-0.2, -0.15) is 0 Å². The third-order valence-electron chi connectivity index (χ3n) is 5.39. The number of aliphatic imine (C=N–C) groups is 1. The Morgan fingerprint density at radius 3 is 2.35 bits per heavy atom. The van der Waals surface area contributed by atoms with Crippen LogP contribution < -0.4 is 0 Å². The molecule has 0 radical (unpaired) electrons. The van der Waals surface area contributed by atoms with Crippen LogP contribution in [0.25, 0.3) is 0 Å². The molecule has 1 aliphatic rings. The number of allylic oxidation sites excluding steroid dienone is 1. The predicted molar refractivity (Wildman–Crippen MR) is 77.7 cm³/mol. The quantitative estimate of drug-likeness (QED) is 0.441. The molecule has 0 aromatic rings. The van der Waals surface area contributed by atoms with Crippen molar-refractivity contribution >= 4 is 6.21 Å². The SMILES string of the molecule is CCC=NC/C=C/CCC1(C)C(C)C1(C)CC. The van der Waals surface area contributed by atoms with Crippen LogP contribution in [0.3, 0.4) is 0 Å². The highest BCUT2D eigenvalue weighted by Gasteiger charge is 2.65. The van der Waals surface area contributed by atoms with Gasteiger partial charge in [0.05, 0.1) is 6.54 Å². The zero-order valence-corrected chi connectivity index (χ0v) is 12.3. The van der Waals surface area contributed by atoms with E-state index in [0.29, 0.717) is 10.8 Å². The van der Waals surface area contributed by atoms with E-state index in [0.717, 1.165) is 18.9 Å². The van der Waals surface area contributed by atoms with E-state index >= 15 is 0 Å². The lowest BCUT2D eigenvalue weighted by atomic mass is 9.90. The van der Waals surface area contributed by atoms with Crippen molar-refractivity contribution in [1.29, 1.82) is 0 Å². The normalized spacial score (nSPS) is 37.1. The molecule has 1 heteroatoms. The molecule has 3 unspecified atom stereocenters. The first-order chi connectivity index (χ1) is 8.03. The summed E-state index contributed by atoms with van der Waals surface area (Å²) in [6, 6.07) is 0. The molecule has 0 bridgehead atoms. The van der Waals surface area contributed by atoms with Crippen LogP contribution in [0.5, 0.6) is 0 Å². The Hall–Kier alpha value is -0.590. The molecule has 1 saturated carbocycles. The fourth-order valence-electron chi connectivity index (χ4n) is 3.30. The molecule has 0 N–H and O–H groups in total. The summed E-state index contributed by atoms with van der Waals surface area (Å²) in [5.41, 5.74) is 1.15. The number of nitrogens with zero attached hydrogens (tertiary/aromatic N) is 1. The van der Waals surface area contributed by atoms with E-state index in [1.54, 1.807) is 0 Å². The standard InChI is InChI=1S/C16H29N/c1-6-12-17-13-10-8-9-11-16(5)14(3)15(16,4)7-2/h8,10,12,14H,6-7,9,11,13H2,1-5H3/b10-8+,17-12?. The first-order valence-electron chi connectivity index (χ1n) is 7.16. The van der Waals surface area contributed by atoms with Crippen molar-refractivity contribution in [3.05, 3.63) is 12.2 Å². The second-order valence-electron chi connectivity index (χ2n) is 5.88. The van der Waals surface area contributed by atoms with Gasteiger partial charge in [-0.1, -0.05) is 46.8 Å². The van der Waals surface area contributed by atoms with Gasteiger partial charge in [0.15, 0.2) is 0 Å². The van der Waals surface area contributed by atoms with Crippen LogP contribution >= 0.6 is 0 Å². The van der Waals surface area contributed by atoms with E-state index in [1.165, 1.54) is 19.3 Å². The number of hydrogen-bond donors (Lipinski definition) is 0. The molecule has 0 saturated heterocycles. The topological polar surface area (TPSA) is 12.4 Å². The molecule has 0 spiro atoms. The lowest BCUT2D eigenvalue weighted by molar-refractivity contribution is 0.357. The fourth-order valence-corrected chi connectivity index (χ4v) is 3.30. The Balaban J connectivity index is 2.26. The molecule has 1 rings (SSSR count). The van der Waals surface area contributed by atoms with Gasteiger partial charge in [-0.25, -0.2) is 0 Å². The van der Waals surface area contributed by atoms with Crippen molar-refractivity contribution in [2.75, 3.05) is 6.54 Å². The van der Waals surface area contributed by atoms with E-state index in [4.69, 9.17) is 0 Å². The van der Waals surface area contributed by atoms with E-state index in [-0.39, 0.29) is 0 Å². The Kier molecular flexibility index (Phi) is 4.97. The monoisotopic (exact) mass is 235 g/mol. The van der Waals surface area contributed by atoms with Crippen LogP contribution in [0.4, 0.5) is 0 Å². The van der Waals surface area contributed by atoms with Crippen molar-refractivity contribution in [1.82, 2.24) is 0 Å². The molecule has 1 aliphatic carbocycles. The molecule has 1 nitrogen and oxygen atoms in total. The summed E-state index contributed by atoms with van der Waals surface area (Å²) in [4.78, 5) is 4.29. The molecule has 0 aliphatic heterocycles. The van der Waals surface area contributed by atoms with Gasteiger partial charge in [-0.15, -0.1) is 0 Å². The highest BCUT2D eigenvalue weighted by Crippen LogP contribution is 2.72. The summed E-state index contributed by atoms with van der Waals surface area (Å²) in [5, 5.41) is 0. The summed E-state index contributed by atoms with van der Waals surface area (Å²) in [6.07, 6.45) is 11.4. The largest absolute Gasteiger partial charge is 0.293 e. The molecular formula is C16H29N. The van der Waals surface area contributed by atoms with Gasteiger partial charge < -0.3 is 0 Å². The Morgan fingerprint density at radius 2 is 1.82 bits per heavy atom. The van der Waals surface area contributed by atoms with Gasteiger partial charge in [-0.05, 0) is 48.6 Å². The molecular weight excluding hydrogens is 206 g/mol. The first kappa shape index (κ1) is 14.5. The summed E-state index contributed by atoms with van der Waals surface area (Å²) in [6.45, 7) is 12.6. The zero-order chi connectivity index (χ0) is 12.9. The molecule has 3 atom stereocenters. The third-order valence-corrected chi connectivity index (χ3v) is 5.39. The zero-order valence-electron chi connectivity index (χ0n) is 12.3. The summed E-state index contributed by atoms with van der Waals surface area (Å²) in [5.74, 6) is 0.881. The number of hydrogen-bond acceptors (Lipinski definition) is 1. The average molecular weight is 235 g/mol. The third kappa shape index (κ3) is 2.81. The van der Waals surface area contributed by atoms with Gasteiger partial charge in [0, 0.05) is 0 Å². The maximum atomic E-state index is 4.29. The average Bonchev–Trinajstić information content (AvgIpc) is 2.75.